The van der Waals surface area contributed by atoms with E-state index < -0.39 is 0 Å². The van der Waals surface area contributed by atoms with Crippen molar-refractivity contribution in [1.29, 1.82) is 0 Å². The molecular weight excluding hydrogens is 318 g/mol. The van der Waals surface area contributed by atoms with E-state index in [4.69, 9.17) is 11.6 Å². The normalized spacial score (nSPS) is 19.0. The summed E-state index contributed by atoms with van der Waals surface area (Å²) in [5, 5.41) is 9.17. The van der Waals surface area contributed by atoms with Crippen LogP contribution in [0.5, 0.6) is 0 Å². The summed E-state index contributed by atoms with van der Waals surface area (Å²) in [6, 6.07) is 14.9. The molecule has 4 heteroatoms. The quantitative estimate of drug-likeness (QED) is 0.749. The highest BCUT2D eigenvalue weighted by Gasteiger charge is 2.20. The Kier molecular flexibility index (Phi) is 4.54. The number of piperidine rings is 1. The summed E-state index contributed by atoms with van der Waals surface area (Å²) < 4.78 is 0. The molecule has 1 N–H and O–H groups in total. The number of H-pyrrole nitrogens is 1. The van der Waals surface area contributed by atoms with Gasteiger partial charge in [0.25, 0.3) is 0 Å². The zero-order chi connectivity index (χ0) is 16.4. The van der Waals surface area contributed by atoms with E-state index in [0.717, 1.165) is 36.0 Å². The van der Waals surface area contributed by atoms with Gasteiger partial charge in [-0.1, -0.05) is 29.8 Å². The molecule has 2 aromatic carbocycles. The Hall–Kier alpha value is -1.84. The third kappa shape index (κ3) is 3.63. The van der Waals surface area contributed by atoms with Crippen molar-refractivity contribution in [3.8, 4) is 0 Å². The van der Waals surface area contributed by atoms with Crippen LogP contribution in [-0.2, 0) is 13.0 Å². The molecule has 3 nitrogen and oxygen atoms in total. The van der Waals surface area contributed by atoms with Gasteiger partial charge in [0.15, 0.2) is 0 Å². The van der Waals surface area contributed by atoms with Crippen LogP contribution in [0.25, 0.3) is 10.9 Å². The summed E-state index contributed by atoms with van der Waals surface area (Å²) in [6.07, 6.45) is 5.65. The van der Waals surface area contributed by atoms with Crippen LogP contribution in [0, 0.1) is 5.92 Å². The fourth-order valence-electron chi connectivity index (χ4n) is 3.81. The van der Waals surface area contributed by atoms with Crippen LogP contribution >= 0.6 is 11.6 Å². The van der Waals surface area contributed by atoms with E-state index in [2.05, 4.69) is 45.4 Å². The molecule has 0 unspecified atom stereocenters. The van der Waals surface area contributed by atoms with E-state index >= 15 is 0 Å². The van der Waals surface area contributed by atoms with Crippen LogP contribution in [0.2, 0.25) is 5.02 Å². The third-order valence-electron chi connectivity index (χ3n) is 4.93. The first-order valence-corrected chi connectivity index (χ1v) is 9.03. The minimum Gasteiger partial charge on any atom is -0.299 e. The fraction of sp³-hybridized carbons (Fsp3) is 0.350. The van der Waals surface area contributed by atoms with Gasteiger partial charge in [-0.2, -0.15) is 5.10 Å². The summed E-state index contributed by atoms with van der Waals surface area (Å²) in [5.41, 5.74) is 3.84. The highest BCUT2D eigenvalue weighted by molar-refractivity contribution is 6.30. The Morgan fingerprint density at radius 3 is 3.04 bits per heavy atom. The lowest BCUT2D eigenvalue weighted by Gasteiger charge is -2.33. The van der Waals surface area contributed by atoms with Crippen molar-refractivity contribution in [3.05, 3.63) is 64.8 Å². The number of aromatic amines is 1. The van der Waals surface area contributed by atoms with Gasteiger partial charge < -0.3 is 0 Å². The van der Waals surface area contributed by atoms with Gasteiger partial charge in [-0.3, -0.25) is 10.00 Å². The van der Waals surface area contributed by atoms with Crippen LogP contribution in [0.3, 0.4) is 0 Å². The number of hydrogen-bond donors (Lipinski definition) is 1. The van der Waals surface area contributed by atoms with E-state index in [1.54, 1.807) is 0 Å². The summed E-state index contributed by atoms with van der Waals surface area (Å²) in [5.74, 6) is 0.724. The fourth-order valence-corrected chi connectivity index (χ4v) is 4.02. The third-order valence-corrected chi connectivity index (χ3v) is 5.16. The van der Waals surface area contributed by atoms with Crippen LogP contribution < -0.4 is 0 Å². The standard InChI is InChI=1S/C20H22ClN3/c21-19-5-1-3-17(11-19)14-24-8-2-4-16(13-24)9-15-6-7-20-18(10-15)12-22-23-20/h1,3,5-7,10-12,16H,2,4,8-9,13-14H2,(H,22,23)/t16-/m1/s1. The maximum absolute atomic E-state index is 6.11. The highest BCUT2D eigenvalue weighted by atomic mass is 35.5. The summed E-state index contributed by atoms with van der Waals surface area (Å²) in [6.45, 7) is 3.34. The molecule has 0 aliphatic carbocycles. The zero-order valence-corrected chi connectivity index (χ0v) is 14.5. The average molecular weight is 340 g/mol. The lowest BCUT2D eigenvalue weighted by Crippen LogP contribution is -2.35. The lowest BCUT2D eigenvalue weighted by atomic mass is 9.90. The van der Waals surface area contributed by atoms with Gasteiger partial charge in [-0.15, -0.1) is 0 Å². The van der Waals surface area contributed by atoms with Crippen molar-refractivity contribution in [1.82, 2.24) is 15.1 Å². The Morgan fingerprint density at radius 1 is 1.17 bits per heavy atom. The number of rotatable bonds is 4. The first-order valence-electron chi connectivity index (χ1n) is 8.65. The van der Waals surface area contributed by atoms with Gasteiger partial charge >= 0.3 is 0 Å². The molecule has 1 aromatic heterocycles. The molecule has 124 valence electrons. The Bertz CT molecular complexity index is 826. The summed E-state index contributed by atoms with van der Waals surface area (Å²) in [4.78, 5) is 2.57. The molecule has 3 aromatic rings. The molecule has 0 spiro atoms. The topological polar surface area (TPSA) is 31.9 Å². The van der Waals surface area contributed by atoms with Crippen molar-refractivity contribution in [3.63, 3.8) is 0 Å². The Balaban J connectivity index is 1.40. The summed E-state index contributed by atoms with van der Waals surface area (Å²) >= 11 is 6.11. The number of halogens is 1. The maximum atomic E-state index is 6.11. The summed E-state index contributed by atoms with van der Waals surface area (Å²) in [7, 11) is 0. The van der Waals surface area contributed by atoms with Gasteiger partial charge in [0.2, 0.25) is 0 Å². The number of aromatic nitrogens is 2. The van der Waals surface area contributed by atoms with E-state index in [1.807, 2.05) is 18.3 Å². The highest BCUT2D eigenvalue weighted by Crippen LogP contribution is 2.24. The molecule has 1 atom stereocenters. The number of nitrogens with one attached hydrogen (secondary N) is 1. The number of hydrogen-bond acceptors (Lipinski definition) is 2. The van der Waals surface area contributed by atoms with Crippen molar-refractivity contribution in [2.75, 3.05) is 13.1 Å². The largest absolute Gasteiger partial charge is 0.299 e. The minimum atomic E-state index is 0.724. The van der Waals surface area contributed by atoms with Crippen LogP contribution in [0.4, 0.5) is 0 Å². The minimum absolute atomic E-state index is 0.724. The second-order valence-electron chi connectivity index (χ2n) is 6.87. The molecule has 24 heavy (non-hydrogen) atoms. The van der Waals surface area contributed by atoms with E-state index in [-0.39, 0.29) is 0 Å². The average Bonchev–Trinajstić information content (AvgIpc) is 3.03. The molecule has 1 aliphatic rings. The number of nitrogens with zero attached hydrogens (tertiary/aromatic N) is 2. The molecule has 0 bridgehead atoms. The predicted molar refractivity (Wildman–Crippen MR) is 99.3 cm³/mol. The van der Waals surface area contributed by atoms with E-state index in [9.17, 15) is 0 Å². The first kappa shape index (κ1) is 15.7. The number of benzene rings is 2. The molecule has 0 saturated carbocycles. The number of likely N-dealkylation sites (tertiary alicyclic amines) is 1. The van der Waals surface area contributed by atoms with Crippen molar-refractivity contribution >= 4 is 22.5 Å². The lowest BCUT2D eigenvalue weighted by molar-refractivity contribution is 0.167. The molecule has 1 fully saturated rings. The molecule has 1 saturated heterocycles. The van der Waals surface area contributed by atoms with Gasteiger partial charge in [0.05, 0.1) is 11.7 Å². The van der Waals surface area contributed by atoms with Crippen LogP contribution in [0.15, 0.2) is 48.7 Å². The van der Waals surface area contributed by atoms with E-state index in [1.165, 1.54) is 35.9 Å². The van der Waals surface area contributed by atoms with Crippen molar-refractivity contribution in [2.45, 2.75) is 25.8 Å². The second-order valence-corrected chi connectivity index (χ2v) is 7.31. The van der Waals surface area contributed by atoms with Gasteiger partial charge in [0, 0.05) is 23.5 Å². The van der Waals surface area contributed by atoms with Crippen molar-refractivity contribution in [2.24, 2.45) is 5.92 Å². The molecule has 4 rings (SSSR count). The van der Waals surface area contributed by atoms with E-state index in [0.29, 0.717) is 0 Å². The Labute approximate surface area is 147 Å². The smallest absolute Gasteiger partial charge is 0.0650 e. The monoisotopic (exact) mass is 339 g/mol. The Morgan fingerprint density at radius 2 is 2.12 bits per heavy atom. The van der Waals surface area contributed by atoms with Gasteiger partial charge in [0.1, 0.15) is 0 Å². The van der Waals surface area contributed by atoms with Crippen LogP contribution in [-0.4, -0.2) is 28.2 Å². The maximum Gasteiger partial charge on any atom is 0.0650 e. The molecule has 0 radical (unpaired) electrons. The molecular formula is C20H22ClN3. The molecule has 0 amide bonds. The van der Waals surface area contributed by atoms with Gasteiger partial charge in [-0.05, 0) is 67.1 Å². The molecule has 2 heterocycles. The first-order chi connectivity index (χ1) is 11.8. The van der Waals surface area contributed by atoms with Gasteiger partial charge in [-0.25, -0.2) is 0 Å². The van der Waals surface area contributed by atoms with Crippen molar-refractivity contribution < 1.29 is 0 Å². The van der Waals surface area contributed by atoms with Crippen LogP contribution in [0.1, 0.15) is 24.0 Å². The molecule has 1 aliphatic heterocycles. The zero-order valence-electron chi connectivity index (χ0n) is 13.7. The predicted octanol–water partition coefficient (Wildman–Crippen LogP) is 4.67. The second kappa shape index (κ2) is 6.96. The number of fused-ring (bicyclic) bond motifs is 1. The SMILES string of the molecule is Clc1cccc(CN2CCC[C@H](Cc3ccc4[nH]ncc4c3)C2)c1.